The van der Waals surface area contributed by atoms with Crippen molar-refractivity contribution >= 4 is 15.7 Å². The van der Waals surface area contributed by atoms with Crippen LogP contribution >= 0.6 is 0 Å². The summed E-state index contributed by atoms with van der Waals surface area (Å²) in [6.45, 7) is 4.96. The smallest absolute Gasteiger partial charge is 0.241 e. The van der Waals surface area contributed by atoms with Gasteiger partial charge in [0.25, 0.3) is 0 Å². The third-order valence-electron chi connectivity index (χ3n) is 3.64. The van der Waals surface area contributed by atoms with Gasteiger partial charge in [-0.2, -0.15) is 0 Å². The standard InChI is InChI=1S/C14H19FN2O3S/c1-10-9-17(8-7-16-10)14(18)11(2)21(19,20)13-5-3-12(15)4-6-13/h3-6,10-11,16H,7-9H2,1-2H3. The SMILES string of the molecule is CC1CN(C(=O)C(C)S(=O)(=O)c2ccc(F)cc2)CCN1. The van der Waals surface area contributed by atoms with Gasteiger partial charge in [-0.25, -0.2) is 12.8 Å². The van der Waals surface area contributed by atoms with Crippen molar-refractivity contribution in [1.82, 2.24) is 10.2 Å². The molecule has 1 saturated heterocycles. The van der Waals surface area contributed by atoms with Crippen molar-refractivity contribution in [3.63, 3.8) is 0 Å². The number of hydrogen-bond acceptors (Lipinski definition) is 4. The molecule has 0 saturated carbocycles. The first-order chi connectivity index (χ1) is 9.82. The van der Waals surface area contributed by atoms with Crippen LogP contribution in [-0.2, 0) is 14.6 Å². The highest BCUT2D eigenvalue weighted by atomic mass is 32.2. The number of halogens is 1. The first-order valence-corrected chi connectivity index (χ1v) is 8.38. The zero-order valence-electron chi connectivity index (χ0n) is 12.0. The minimum absolute atomic E-state index is 0.0343. The Kier molecular flexibility index (Phi) is 4.63. The lowest BCUT2D eigenvalue weighted by Crippen LogP contribution is -2.54. The van der Waals surface area contributed by atoms with Crippen molar-refractivity contribution in [2.45, 2.75) is 30.0 Å². The molecule has 1 N–H and O–H groups in total. The number of nitrogens with one attached hydrogen (secondary N) is 1. The van der Waals surface area contributed by atoms with Crippen molar-refractivity contribution in [2.75, 3.05) is 19.6 Å². The molecule has 7 heteroatoms. The van der Waals surface area contributed by atoms with Crippen LogP contribution in [0.1, 0.15) is 13.8 Å². The molecule has 0 aliphatic carbocycles. The van der Waals surface area contributed by atoms with Gasteiger partial charge in [0, 0.05) is 25.7 Å². The average molecular weight is 314 g/mol. The molecule has 1 aliphatic rings. The van der Waals surface area contributed by atoms with Crippen molar-refractivity contribution in [1.29, 1.82) is 0 Å². The zero-order valence-corrected chi connectivity index (χ0v) is 12.9. The summed E-state index contributed by atoms with van der Waals surface area (Å²) in [6.07, 6.45) is 0. The van der Waals surface area contributed by atoms with Gasteiger partial charge in [0.15, 0.2) is 9.84 Å². The minimum Gasteiger partial charge on any atom is -0.339 e. The summed E-state index contributed by atoms with van der Waals surface area (Å²) in [7, 11) is -3.80. The molecule has 1 aliphatic heterocycles. The summed E-state index contributed by atoms with van der Waals surface area (Å²) in [5.74, 6) is -0.920. The van der Waals surface area contributed by atoms with E-state index < -0.39 is 26.8 Å². The molecule has 2 atom stereocenters. The maximum atomic E-state index is 12.9. The van der Waals surface area contributed by atoms with Gasteiger partial charge in [0.1, 0.15) is 11.1 Å². The number of carbonyl (C=O) groups excluding carboxylic acids is 1. The molecule has 0 aromatic heterocycles. The van der Waals surface area contributed by atoms with Crippen molar-refractivity contribution in [3.8, 4) is 0 Å². The second-order valence-corrected chi connectivity index (χ2v) is 7.55. The first kappa shape index (κ1) is 15.9. The van der Waals surface area contributed by atoms with Crippen LogP contribution in [0.2, 0.25) is 0 Å². The highest BCUT2D eigenvalue weighted by Crippen LogP contribution is 2.18. The van der Waals surface area contributed by atoms with Gasteiger partial charge >= 0.3 is 0 Å². The predicted molar refractivity (Wildman–Crippen MR) is 77.1 cm³/mol. The lowest BCUT2D eigenvalue weighted by atomic mass is 10.2. The second kappa shape index (κ2) is 6.11. The van der Waals surface area contributed by atoms with E-state index in [4.69, 9.17) is 0 Å². The fraction of sp³-hybridized carbons (Fsp3) is 0.500. The van der Waals surface area contributed by atoms with Crippen molar-refractivity contribution < 1.29 is 17.6 Å². The Hall–Kier alpha value is -1.47. The summed E-state index contributed by atoms with van der Waals surface area (Å²) in [6, 6.07) is 4.68. The minimum atomic E-state index is -3.80. The second-order valence-electron chi connectivity index (χ2n) is 5.28. The van der Waals surface area contributed by atoms with E-state index in [0.717, 1.165) is 12.1 Å². The molecule has 0 spiro atoms. The third-order valence-corrected chi connectivity index (χ3v) is 5.70. The van der Waals surface area contributed by atoms with E-state index >= 15 is 0 Å². The number of rotatable bonds is 3. The quantitative estimate of drug-likeness (QED) is 0.839. The van der Waals surface area contributed by atoms with Gasteiger partial charge in [0.2, 0.25) is 5.91 Å². The lowest BCUT2D eigenvalue weighted by molar-refractivity contribution is -0.131. The van der Waals surface area contributed by atoms with E-state index in [1.807, 2.05) is 6.92 Å². The Morgan fingerprint density at radius 1 is 1.38 bits per heavy atom. The largest absolute Gasteiger partial charge is 0.339 e. The van der Waals surface area contributed by atoms with Gasteiger partial charge in [-0.05, 0) is 38.1 Å². The summed E-state index contributed by atoms with van der Waals surface area (Å²) < 4.78 is 37.7. The van der Waals surface area contributed by atoms with Gasteiger partial charge < -0.3 is 10.2 Å². The fourth-order valence-electron chi connectivity index (χ4n) is 2.35. The van der Waals surface area contributed by atoms with Crippen LogP contribution in [0.5, 0.6) is 0 Å². The molecule has 1 amide bonds. The Morgan fingerprint density at radius 2 is 2.00 bits per heavy atom. The van der Waals surface area contributed by atoms with E-state index in [-0.39, 0.29) is 10.9 Å². The molecule has 1 fully saturated rings. The van der Waals surface area contributed by atoms with Crippen LogP contribution in [-0.4, -0.2) is 50.2 Å². The van der Waals surface area contributed by atoms with Crippen LogP contribution in [0, 0.1) is 5.82 Å². The number of hydrogen-bond donors (Lipinski definition) is 1. The van der Waals surface area contributed by atoms with Crippen LogP contribution in [0.15, 0.2) is 29.2 Å². The molecule has 116 valence electrons. The number of sulfone groups is 1. The molecular formula is C14H19FN2O3S. The predicted octanol–water partition coefficient (Wildman–Crippen LogP) is 0.808. The number of piperazine rings is 1. The monoisotopic (exact) mass is 314 g/mol. The Bertz CT molecular complexity index is 616. The molecule has 1 aromatic rings. The zero-order chi connectivity index (χ0) is 15.6. The average Bonchev–Trinajstić information content (AvgIpc) is 2.46. The number of nitrogens with zero attached hydrogens (tertiary/aromatic N) is 1. The Labute approximate surface area is 124 Å². The van der Waals surface area contributed by atoms with Crippen LogP contribution < -0.4 is 5.32 Å². The van der Waals surface area contributed by atoms with Crippen LogP contribution in [0.25, 0.3) is 0 Å². The van der Waals surface area contributed by atoms with E-state index in [2.05, 4.69) is 5.32 Å². The molecule has 1 aromatic carbocycles. The van der Waals surface area contributed by atoms with Crippen molar-refractivity contribution in [3.05, 3.63) is 30.1 Å². The van der Waals surface area contributed by atoms with E-state index in [1.165, 1.54) is 19.1 Å². The normalized spacial score (nSPS) is 21.1. The molecular weight excluding hydrogens is 295 g/mol. The molecule has 1 heterocycles. The summed E-state index contributed by atoms with van der Waals surface area (Å²) >= 11 is 0. The number of benzene rings is 1. The highest BCUT2D eigenvalue weighted by molar-refractivity contribution is 7.92. The number of carbonyl (C=O) groups is 1. The molecule has 5 nitrogen and oxygen atoms in total. The summed E-state index contributed by atoms with van der Waals surface area (Å²) in [5, 5.41) is 2.02. The molecule has 0 radical (unpaired) electrons. The van der Waals surface area contributed by atoms with Crippen molar-refractivity contribution in [2.24, 2.45) is 0 Å². The highest BCUT2D eigenvalue weighted by Gasteiger charge is 2.34. The van der Waals surface area contributed by atoms with Crippen LogP contribution in [0.4, 0.5) is 4.39 Å². The Morgan fingerprint density at radius 3 is 2.57 bits per heavy atom. The van der Waals surface area contributed by atoms with Gasteiger partial charge in [-0.15, -0.1) is 0 Å². The third kappa shape index (κ3) is 3.41. The van der Waals surface area contributed by atoms with E-state index in [0.29, 0.717) is 19.6 Å². The first-order valence-electron chi connectivity index (χ1n) is 6.84. The molecule has 2 unspecified atom stereocenters. The molecule has 2 rings (SSSR count). The maximum absolute atomic E-state index is 12.9. The van der Waals surface area contributed by atoms with Gasteiger partial charge in [0.05, 0.1) is 4.90 Å². The Balaban J connectivity index is 2.19. The molecule has 0 bridgehead atoms. The number of amides is 1. The van der Waals surface area contributed by atoms with Crippen LogP contribution in [0.3, 0.4) is 0 Å². The van der Waals surface area contributed by atoms with Gasteiger partial charge in [-0.3, -0.25) is 4.79 Å². The molecule has 21 heavy (non-hydrogen) atoms. The lowest BCUT2D eigenvalue weighted by Gasteiger charge is -2.33. The topological polar surface area (TPSA) is 66.5 Å². The maximum Gasteiger partial charge on any atom is 0.241 e. The summed E-state index contributed by atoms with van der Waals surface area (Å²) in [5.41, 5.74) is 0. The van der Waals surface area contributed by atoms with Gasteiger partial charge in [-0.1, -0.05) is 0 Å². The van der Waals surface area contributed by atoms with E-state index in [9.17, 15) is 17.6 Å². The fourth-order valence-corrected chi connectivity index (χ4v) is 3.69. The van der Waals surface area contributed by atoms with E-state index in [1.54, 1.807) is 4.90 Å². The summed E-state index contributed by atoms with van der Waals surface area (Å²) in [4.78, 5) is 13.9.